The third-order valence-electron chi connectivity index (χ3n) is 3.52. The van der Waals surface area contributed by atoms with E-state index < -0.39 is 5.60 Å². The van der Waals surface area contributed by atoms with Crippen LogP contribution in [0.2, 0.25) is 0 Å². The Morgan fingerprint density at radius 1 is 1.31 bits per heavy atom. The molecule has 1 unspecified atom stereocenters. The van der Waals surface area contributed by atoms with Gasteiger partial charge < -0.3 is 10.4 Å². The van der Waals surface area contributed by atoms with Crippen molar-refractivity contribution < 1.29 is 5.11 Å². The fraction of sp³-hybridized carbons (Fsp3) is 0.857. The second-order valence-corrected chi connectivity index (χ2v) is 5.06. The Kier molecular flexibility index (Phi) is 6.07. The lowest BCUT2D eigenvalue weighted by atomic mass is 9.86. The summed E-state index contributed by atoms with van der Waals surface area (Å²) < 4.78 is 0. The van der Waals surface area contributed by atoms with Crippen LogP contribution in [0.5, 0.6) is 0 Å². The zero-order valence-electron chi connectivity index (χ0n) is 10.9. The molecule has 2 nitrogen and oxygen atoms in total. The normalized spacial score (nSPS) is 21.8. The summed E-state index contributed by atoms with van der Waals surface area (Å²) in [5, 5.41) is 13.8. The first kappa shape index (κ1) is 13.7. The van der Waals surface area contributed by atoms with Crippen molar-refractivity contribution in [2.24, 2.45) is 0 Å². The largest absolute Gasteiger partial charge is 0.386 e. The first-order valence-corrected chi connectivity index (χ1v) is 6.79. The van der Waals surface area contributed by atoms with Crippen molar-refractivity contribution in [2.45, 2.75) is 64.4 Å². The van der Waals surface area contributed by atoms with E-state index in [2.05, 4.69) is 18.3 Å². The molecule has 0 heterocycles. The fourth-order valence-electron chi connectivity index (χ4n) is 2.35. The van der Waals surface area contributed by atoms with Crippen LogP contribution in [0.1, 0.15) is 58.8 Å². The van der Waals surface area contributed by atoms with Gasteiger partial charge >= 0.3 is 0 Å². The minimum atomic E-state index is -0.598. The molecule has 0 spiro atoms. The number of allylic oxidation sites excluding steroid dienone is 1. The molecular formula is C14H27NO. The van der Waals surface area contributed by atoms with Crippen LogP contribution in [0.4, 0.5) is 0 Å². The molecule has 0 bridgehead atoms. The maximum atomic E-state index is 10.5. The van der Waals surface area contributed by atoms with Crippen LogP contribution < -0.4 is 5.32 Å². The van der Waals surface area contributed by atoms with Crippen LogP contribution in [0, 0.1) is 0 Å². The van der Waals surface area contributed by atoms with E-state index in [-0.39, 0.29) is 0 Å². The van der Waals surface area contributed by atoms with Gasteiger partial charge in [-0.2, -0.15) is 0 Å². The van der Waals surface area contributed by atoms with Crippen LogP contribution >= 0.6 is 0 Å². The molecule has 0 saturated heterocycles. The van der Waals surface area contributed by atoms with E-state index in [1.165, 1.54) is 31.3 Å². The van der Waals surface area contributed by atoms with Crippen molar-refractivity contribution in [1.82, 2.24) is 5.32 Å². The fourth-order valence-corrected chi connectivity index (χ4v) is 2.35. The van der Waals surface area contributed by atoms with Crippen molar-refractivity contribution in [1.29, 1.82) is 0 Å². The summed E-state index contributed by atoms with van der Waals surface area (Å²) in [7, 11) is 0. The topological polar surface area (TPSA) is 32.3 Å². The van der Waals surface area contributed by atoms with E-state index in [1.807, 2.05) is 6.92 Å². The monoisotopic (exact) mass is 225 g/mol. The third kappa shape index (κ3) is 4.67. The summed E-state index contributed by atoms with van der Waals surface area (Å²) in [6.07, 6.45) is 10.5. The Morgan fingerprint density at radius 2 is 2.06 bits per heavy atom. The maximum Gasteiger partial charge on any atom is 0.0840 e. The average molecular weight is 225 g/mol. The number of hydrogen-bond donors (Lipinski definition) is 2. The molecule has 0 aromatic carbocycles. The molecule has 1 rings (SSSR count). The van der Waals surface area contributed by atoms with Gasteiger partial charge in [0.05, 0.1) is 5.60 Å². The summed E-state index contributed by atoms with van der Waals surface area (Å²) in [4.78, 5) is 0. The molecule has 0 aromatic rings. The van der Waals surface area contributed by atoms with Gasteiger partial charge in [-0.3, -0.25) is 0 Å². The van der Waals surface area contributed by atoms with Gasteiger partial charge in [0.1, 0.15) is 0 Å². The van der Waals surface area contributed by atoms with Crippen LogP contribution in [0.25, 0.3) is 0 Å². The highest BCUT2D eigenvalue weighted by Crippen LogP contribution is 2.28. The highest BCUT2D eigenvalue weighted by atomic mass is 16.3. The lowest BCUT2D eigenvalue weighted by Gasteiger charge is -2.28. The lowest BCUT2D eigenvalue weighted by molar-refractivity contribution is 0.0844. The Morgan fingerprint density at radius 3 is 2.81 bits per heavy atom. The van der Waals surface area contributed by atoms with E-state index in [1.54, 1.807) is 0 Å². The lowest BCUT2D eigenvalue weighted by Crippen LogP contribution is -2.32. The van der Waals surface area contributed by atoms with Gasteiger partial charge in [0.2, 0.25) is 0 Å². The molecule has 0 radical (unpaired) electrons. The van der Waals surface area contributed by atoms with Gasteiger partial charge in [0, 0.05) is 0 Å². The zero-order chi connectivity index (χ0) is 11.9. The van der Waals surface area contributed by atoms with E-state index >= 15 is 0 Å². The summed E-state index contributed by atoms with van der Waals surface area (Å²) in [5.41, 5.74) is 0.671. The van der Waals surface area contributed by atoms with E-state index in [0.717, 1.165) is 32.4 Å². The molecule has 2 N–H and O–H groups in total. The van der Waals surface area contributed by atoms with Crippen LogP contribution in [-0.2, 0) is 0 Å². The number of rotatable bonds is 5. The van der Waals surface area contributed by atoms with Gasteiger partial charge in [0.25, 0.3) is 0 Å². The minimum absolute atomic E-state index is 0.598. The van der Waals surface area contributed by atoms with Crippen molar-refractivity contribution in [2.75, 3.05) is 13.1 Å². The predicted octanol–water partition coefficient (Wildman–Crippen LogP) is 3.02. The second-order valence-electron chi connectivity index (χ2n) is 5.06. The molecule has 0 fully saturated rings. The number of nitrogens with one attached hydrogen (secondary N) is 1. The first-order valence-electron chi connectivity index (χ1n) is 6.79. The van der Waals surface area contributed by atoms with Crippen molar-refractivity contribution in [3.63, 3.8) is 0 Å². The summed E-state index contributed by atoms with van der Waals surface area (Å²) in [6, 6.07) is 0. The van der Waals surface area contributed by atoms with E-state index in [9.17, 15) is 5.11 Å². The molecule has 0 amide bonds. The first-order chi connectivity index (χ1) is 7.67. The molecule has 1 atom stereocenters. The highest BCUT2D eigenvalue weighted by Gasteiger charge is 2.24. The predicted molar refractivity (Wildman–Crippen MR) is 69.6 cm³/mol. The Hall–Kier alpha value is -0.340. The molecule has 94 valence electrons. The van der Waals surface area contributed by atoms with Crippen molar-refractivity contribution in [3.05, 3.63) is 11.6 Å². The standard InChI is InChI=1S/C14H27NO/c1-3-15-12-11-14(2,16)13-9-7-5-4-6-8-10-13/h9,15-16H,3-8,10-12H2,1-2H3. The molecule has 0 aromatic heterocycles. The van der Waals surface area contributed by atoms with Gasteiger partial charge in [-0.05, 0) is 57.7 Å². The zero-order valence-corrected chi connectivity index (χ0v) is 10.9. The van der Waals surface area contributed by atoms with Crippen LogP contribution in [0.15, 0.2) is 11.6 Å². The van der Waals surface area contributed by atoms with E-state index in [4.69, 9.17) is 0 Å². The van der Waals surface area contributed by atoms with Crippen molar-refractivity contribution in [3.8, 4) is 0 Å². The number of aliphatic hydroxyl groups is 1. The summed E-state index contributed by atoms with van der Waals surface area (Å²) >= 11 is 0. The SMILES string of the molecule is CCNCCC(C)(O)C1=CCCCCCC1. The summed E-state index contributed by atoms with van der Waals surface area (Å²) in [5.74, 6) is 0. The molecule has 1 aliphatic rings. The van der Waals surface area contributed by atoms with Gasteiger partial charge in [-0.25, -0.2) is 0 Å². The number of hydrogen-bond acceptors (Lipinski definition) is 2. The Bertz CT molecular complexity index is 221. The van der Waals surface area contributed by atoms with E-state index in [0.29, 0.717) is 0 Å². The van der Waals surface area contributed by atoms with Gasteiger partial charge in [-0.15, -0.1) is 0 Å². The van der Waals surface area contributed by atoms with Crippen LogP contribution in [0.3, 0.4) is 0 Å². The van der Waals surface area contributed by atoms with Crippen molar-refractivity contribution >= 4 is 0 Å². The molecule has 0 saturated carbocycles. The maximum absolute atomic E-state index is 10.5. The molecule has 0 aliphatic heterocycles. The highest BCUT2D eigenvalue weighted by molar-refractivity contribution is 5.15. The molecular weight excluding hydrogens is 198 g/mol. The molecule has 2 heteroatoms. The van der Waals surface area contributed by atoms with Crippen LogP contribution in [-0.4, -0.2) is 23.8 Å². The van der Waals surface area contributed by atoms with Gasteiger partial charge in [0.15, 0.2) is 0 Å². The third-order valence-corrected chi connectivity index (χ3v) is 3.52. The van der Waals surface area contributed by atoms with Gasteiger partial charge in [-0.1, -0.05) is 25.8 Å². The minimum Gasteiger partial charge on any atom is -0.386 e. The second kappa shape index (κ2) is 7.08. The summed E-state index contributed by atoms with van der Waals surface area (Å²) in [6.45, 7) is 5.96. The Balaban J connectivity index is 2.49. The quantitative estimate of drug-likeness (QED) is 0.557. The molecule has 1 aliphatic carbocycles. The Labute approximate surface area is 100 Å². The molecule has 16 heavy (non-hydrogen) atoms. The average Bonchev–Trinajstić information content (AvgIpc) is 2.16. The smallest absolute Gasteiger partial charge is 0.0840 e.